The van der Waals surface area contributed by atoms with Crippen molar-refractivity contribution in [3.05, 3.63) is 0 Å². The van der Waals surface area contributed by atoms with E-state index in [-0.39, 0.29) is 82.5 Å². The van der Waals surface area contributed by atoms with E-state index in [2.05, 4.69) is 0 Å². The Labute approximate surface area is 81.4 Å². The average Bonchev–Trinajstić information content (AvgIpc) is 0. The quantitative estimate of drug-likeness (QED) is 0.479. The van der Waals surface area contributed by atoms with Crippen LogP contribution in [-0.2, 0) is 17.1 Å². The van der Waals surface area contributed by atoms with Crippen LogP contribution in [-0.4, -0.2) is 37.7 Å². The predicted octanol–water partition coefficient (Wildman–Crippen LogP) is 0.685. The van der Waals surface area contributed by atoms with E-state index in [1.807, 2.05) is 0 Å². The van der Waals surface area contributed by atoms with Gasteiger partial charge in [0.2, 0.25) is 0 Å². The minimum atomic E-state index is 0. The molecule has 1 radical (unpaired) electrons. The molecule has 0 aliphatic carbocycles. The molecule has 0 aromatic carbocycles. The molecular formula is H4CaCl2Cu. The standard InChI is InChI=1S/Ca.2ClH.Cu.2H/h;2*1H;;;/q+2;;;;2*-1. The average molecular weight is 179 g/mol. The largest absolute Gasteiger partial charge is 2.00 e. The third-order valence-electron chi connectivity index (χ3n) is 0. The number of rotatable bonds is 0. The maximum atomic E-state index is 0. The molecule has 0 unspecified atom stereocenters. The maximum Gasteiger partial charge on any atom is 2.00 e. The molecule has 0 spiro atoms. The number of hydrogen-bond donors (Lipinski definition) is 0. The van der Waals surface area contributed by atoms with Crippen LogP contribution in [0.4, 0.5) is 0 Å². The second kappa shape index (κ2) is 18.3. The molecule has 0 aromatic heterocycles. The van der Waals surface area contributed by atoms with Crippen molar-refractivity contribution >= 4 is 62.6 Å². The van der Waals surface area contributed by atoms with Gasteiger partial charge in [0.05, 0.1) is 0 Å². The molecule has 0 aliphatic rings. The van der Waals surface area contributed by atoms with Crippen LogP contribution in [0.1, 0.15) is 2.85 Å². The van der Waals surface area contributed by atoms with Gasteiger partial charge < -0.3 is 2.85 Å². The van der Waals surface area contributed by atoms with E-state index in [0.29, 0.717) is 0 Å². The van der Waals surface area contributed by atoms with E-state index in [1.54, 1.807) is 0 Å². The monoisotopic (exact) mass is 177 g/mol. The van der Waals surface area contributed by atoms with Crippen molar-refractivity contribution in [1.29, 1.82) is 0 Å². The summed E-state index contributed by atoms with van der Waals surface area (Å²) in [6.45, 7) is 0. The molecule has 0 fully saturated rings. The van der Waals surface area contributed by atoms with Gasteiger partial charge in [-0.1, -0.05) is 0 Å². The Morgan fingerprint density at radius 2 is 1.00 bits per heavy atom. The van der Waals surface area contributed by atoms with Gasteiger partial charge in [-0.2, -0.15) is 0 Å². The zero-order valence-electron chi connectivity index (χ0n) is 3.83. The van der Waals surface area contributed by atoms with Gasteiger partial charge in [0, 0.05) is 17.1 Å². The fourth-order valence-electron chi connectivity index (χ4n) is 0. The summed E-state index contributed by atoms with van der Waals surface area (Å²) in [7, 11) is 0. The molecule has 0 heterocycles. The molecule has 4 heteroatoms. The first-order valence-corrected chi connectivity index (χ1v) is 0. The van der Waals surface area contributed by atoms with E-state index in [9.17, 15) is 0 Å². The fourth-order valence-corrected chi connectivity index (χ4v) is 0. The van der Waals surface area contributed by atoms with Crippen molar-refractivity contribution in [3.8, 4) is 0 Å². The summed E-state index contributed by atoms with van der Waals surface area (Å²) < 4.78 is 0. The van der Waals surface area contributed by atoms with Gasteiger partial charge in [0.25, 0.3) is 0 Å². The van der Waals surface area contributed by atoms with Crippen LogP contribution in [0.2, 0.25) is 0 Å². The van der Waals surface area contributed by atoms with Gasteiger partial charge in [0.15, 0.2) is 0 Å². The van der Waals surface area contributed by atoms with Crippen LogP contribution in [0.15, 0.2) is 0 Å². The van der Waals surface area contributed by atoms with E-state index in [0.717, 1.165) is 0 Å². The van der Waals surface area contributed by atoms with Crippen LogP contribution < -0.4 is 0 Å². The molecule has 0 aromatic rings. The summed E-state index contributed by atoms with van der Waals surface area (Å²) in [4.78, 5) is 0. The van der Waals surface area contributed by atoms with E-state index >= 15 is 0 Å². The van der Waals surface area contributed by atoms with Crippen LogP contribution in [0, 0.1) is 0 Å². The second-order valence-corrected chi connectivity index (χ2v) is 0. The molecule has 0 nitrogen and oxygen atoms in total. The Balaban J connectivity index is 0. The van der Waals surface area contributed by atoms with Crippen molar-refractivity contribution in [2.75, 3.05) is 0 Å². The van der Waals surface area contributed by atoms with E-state index in [4.69, 9.17) is 0 Å². The van der Waals surface area contributed by atoms with E-state index < -0.39 is 0 Å². The van der Waals surface area contributed by atoms with Crippen LogP contribution in [0.25, 0.3) is 0 Å². The predicted molar refractivity (Wildman–Crippen MR) is 22.5 cm³/mol. The molecule has 0 rings (SSSR count). The van der Waals surface area contributed by atoms with Crippen molar-refractivity contribution in [2.24, 2.45) is 0 Å². The third kappa shape index (κ3) is 8.84. The summed E-state index contributed by atoms with van der Waals surface area (Å²) >= 11 is 0. The molecule has 0 saturated heterocycles. The summed E-state index contributed by atoms with van der Waals surface area (Å²) in [6.07, 6.45) is 0. The Bertz CT molecular complexity index is 11.5. The van der Waals surface area contributed by atoms with E-state index in [1.165, 1.54) is 0 Å². The summed E-state index contributed by atoms with van der Waals surface area (Å²) in [6, 6.07) is 0. The Morgan fingerprint density at radius 1 is 1.00 bits per heavy atom. The van der Waals surface area contributed by atoms with Crippen molar-refractivity contribution in [1.82, 2.24) is 0 Å². The SMILES string of the molecule is Cl.Cl.[Ca+2].[Cu].[H-].[H-]. The Kier molecular flexibility index (Phi) is 150. The summed E-state index contributed by atoms with van der Waals surface area (Å²) in [5.74, 6) is 0. The molecule has 0 atom stereocenters. The first-order valence-electron chi connectivity index (χ1n) is 0. The second-order valence-electron chi connectivity index (χ2n) is 0. The molecular weight excluding hydrogens is 175 g/mol. The van der Waals surface area contributed by atoms with Gasteiger partial charge in [0.1, 0.15) is 0 Å². The molecule has 0 N–H and O–H groups in total. The minimum Gasteiger partial charge on any atom is -1.00 e. The number of hydrogen-bond acceptors (Lipinski definition) is 0. The summed E-state index contributed by atoms with van der Waals surface area (Å²) in [5, 5.41) is 0. The Morgan fingerprint density at radius 3 is 1.00 bits per heavy atom. The zero-order chi connectivity index (χ0) is 0. The smallest absolute Gasteiger partial charge is 1.00 e. The number of halogens is 2. The van der Waals surface area contributed by atoms with Gasteiger partial charge in [-0.3, -0.25) is 0 Å². The maximum absolute atomic E-state index is 0. The Hall–Kier alpha value is 2.36. The van der Waals surface area contributed by atoms with Gasteiger partial charge in [-0.15, -0.1) is 24.8 Å². The molecule has 0 saturated carbocycles. The van der Waals surface area contributed by atoms with Gasteiger partial charge >= 0.3 is 37.7 Å². The van der Waals surface area contributed by atoms with Crippen LogP contribution in [0.3, 0.4) is 0 Å². The van der Waals surface area contributed by atoms with Gasteiger partial charge in [-0.05, 0) is 0 Å². The summed E-state index contributed by atoms with van der Waals surface area (Å²) in [5.41, 5.74) is 0. The van der Waals surface area contributed by atoms with Crippen LogP contribution >= 0.6 is 24.8 Å². The molecule has 4 heavy (non-hydrogen) atoms. The molecule has 0 aliphatic heterocycles. The fraction of sp³-hybridized carbons (Fsp3) is 0. The van der Waals surface area contributed by atoms with Crippen molar-refractivity contribution < 1.29 is 19.9 Å². The van der Waals surface area contributed by atoms with Gasteiger partial charge in [-0.25, -0.2) is 0 Å². The first kappa shape index (κ1) is 32.8. The topological polar surface area (TPSA) is 0 Å². The van der Waals surface area contributed by atoms with Crippen molar-refractivity contribution in [2.45, 2.75) is 0 Å². The van der Waals surface area contributed by atoms with Crippen LogP contribution in [0.5, 0.6) is 0 Å². The normalized spacial score (nSPS) is 0. The first-order chi connectivity index (χ1) is 0. The zero-order valence-corrected chi connectivity index (χ0v) is 6.61. The minimum absolute atomic E-state index is 0. The molecule has 0 bridgehead atoms. The molecule has 0 amide bonds. The third-order valence-corrected chi connectivity index (χ3v) is 0. The van der Waals surface area contributed by atoms with Crippen molar-refractivity contribution in [3.63, 3.8) is 0 Å². The molecule has 31 valence electrons.